The van der Waals surface area contributed by atoms with Crippen LogP contribution in [0, 0.1) is 0 Å². The molecular weight excluding hydrogens is 430 g/mol. The number of hydrazone groups is 1. The molecule has 33 heavy (non-hydrogen) atoms. The van der Waals surface area contributed by atoms with Gasteiger partial charge in [-0.05, 0) is 37.0 Å². The maximum atomic E-state index is 12.6. The molecule has 1 amide bonds. The third kappa shape index (κ3) is 4.73. The lowest BCUT2D eigenvalue weighted by Crippen LogP contribution is -2.23. The summed E-state index contributed by atoms with van der Waals surface area (Å²) >= 11 is 1.35. The van der Waals surface area contributed by atoms with Crippen LogP contribution in [-0.2, 0) is 11.2 Å². The van der Waals surface area contributed by atoms with E-state index in [2.05, 4.69) is 32.9 Å². The Bertz CT molecular complexity index is 1280. The molecular formula is C26H23N5OS. The molecule has 1 aliphatic carbocycles. The predicted octanol–water partition coefficient (Wildman–Crippen LogP) is 4.88. The zero-order valence-electron chi connectivity index (χ0n) is 18.0. The zero-order chi connectivity index (χ0) is 22.5. The van der Waals surface area contributed by atoms with Gasteiger partial charge in [0, 0.05) is 16.8 Å². The molecule has 0 radical (unpaired) electrons. The third-order valence-corrected chi connectivity index (χ3v) is 6.44. The number of nitrogens with one attached hydrogen (secondary N) is 1. The van der Waals surface area contributed by atoms with Crippen LogP contribution in [-0.4, -0.2) is 32.1 Å². The molecule has 1 heterocycles. The summed E-state index contributed by atoms with van der Waals surface area (Å²) in [5.41, 5.74) is 8.00. The second-order valence-electron chi connectivity index (χ2n) is 7.74. The molecule has 4 aromatic rings. The van der Waals surface area contributed by atoms with E-state index in [1.165, 1.54) is 17.3 Å². The Morgan fingerprint density at radius 3 is 2.45 bits per heavy atom. The molecule has 0 saturated heterocycles. The molecule has 164 valence electrons. The van der Waals surface area contributed by atoms with Gasteiger partial charge in [-0.3, -0.25) is 9.36 Å². The predicted molar refractivity (Wildman–Crippen MR) is 132 cm³/mol. The van der Waals surface area contributed by atoms with Crippen molar-refractivity contribution in [2.24, 2.45) is 5.10 Å². The summed E-state index contributed by atoms with van der Waals surface area (Å²) in [6.45, 7) is 0. The molecule has 3 aromatic carbocycles. The Morgan fingerprint density at radius 2 is 1.64 bits per heavy atom. The Balaban J connectivity index is 1.33. The second kappa shape index (κ2) is 9.83. The maximum Gasteiger partial charge on any atom is 0.250 e. The van der Waals surface area contributed by atoms with Crippen LogP contribution in [0.4, 0.5) is 0 Å². The summed E-state index contributed by atoms with van der Waals surface area (Å²) in [5, 5.41) is 13.9. The molecule has 1 aliphatic rings. The number of fused-ring (bicyclic) bond motifs is 1. The van der Waals surface area contributed by atoms with Crippen molar-refractivity contribution in [3.63, 3.8) is 0 Å². The Hall–Kier alpha value is -3.71. The van der Waals surface area contributed by atoms with Crippen molar-refractivity contribution < 1.29 is 4.79 Å². The Kier molecular flexibility index (Phi) is 6.30. The molecule has 0 spiro atoms. The van der Waals surface area contributed by atoms with Gasteiger partial charge in [0.2, 0.25) is 0 Å². The number of hydrogen-bond donors (Lipinski definition) is 1. The summed E-state index contributed by atoms with van der Waals surface area (Å²) in [7, 11) is 0. The molecule has 0 unspecified atom stereocenters. The number of aryl methyl sites for hydroxylation is 1. The van der Waals surface area contributed by atoms with Gasteiger partial charge in [0.25, 0.3) is 5.91 Å². The fraction of sp³-hybridized carbons (Fsp3) is 0.154. The van der Waals surface area contributed by atoms with E-state index in [9.17, 15) is 4.79 Å². The average molecular weight is 454 g/mol. The number of amides is 1. The van der Waals surface area contributed by atoms with Crippen LogP contribution in [0.2, 0.25) is 0 Å². The summed E-state index contributed by atoms with van der Waals surface area (Å²) in [6, 6.07) is 28.1. The highest BCUT2D eigenvalue weighted by atomic mass is 32.2. The smallest absolute Gasteiger partial charge is 0.250 e. The Morgan fingerprint density at radius 1 is 0.909 bits per heavy atom. The number of rotatable bonds is 6. The molecule has 0 atom stereocenters. The van der Waals surface area contributed by atoms with Crippen molar-refractivity contribution in [3.05, 3.63) is 96.1 Å². The van der Waals surface area contributed by atoms with Crippen molar-refractivity contribution in [2.75, 3.05) is 5.75 Å². The monoisotopic (exact) mass is 453 g/mol. The van der Waals surface area contributed by atoms with E-state index in [0.717, 1.165) is 47.6 Å². The van der Waals surface area contributed by atoms with Gasteiger partial charge in [0.05, 0.1) is 11.5 Å². The minimum atomic E-state index is -0.167. The van der Waals surface area contributed by atoms with E-state index >= 15 is 0 Å². The molecule has 0 saturated carbocycles. The average Bonchev–Trinajstić information content (AvgIpc) is 3.31. The van der Waals surface area contributed by atoms with Crippen LogP contribution in [0.25, 0.3) is 17.1 Å². The van der Waals surface area contributed by atoms with Crippen molar-refractivity contribution >= 4 is 23.4 Å². The van der Waals surface area contributed by atoms with Gasteiger partial charge in [-0.2, -0.15) is 5.10 Å². The molecule has 1 aromatic heterocycles. The molecule has 7 heteroatoms. The van der Waals surface area contributed by atoms with Crippen molar-refractivity contribution in [1.82, 2.24) is 20.2 Å². The van der Waals surface area contributed by atoms with Crippen LogP contribution < -0.4 is 5.43 Å². The van der Waals surface area contributed by atoms with Gasteiger partial charge < -0.3 is 0 Å². The zero-order valence-corrected chi connectivity index (χ0v) is 18.8. The van der Waals surface area contributed by atoms with Gasteiger partial charge in [0.1, 0.15) is 0 Å². The summed E-state index contributed by atoms with van der Waals surface area (Å²) < 4.78 is 1.98. The fourth-order valence-corrected chi connectivity index (χ4v) is 4.70. The first kappa shape index (κ1) is 21.2. The van der Waals surface area contributed by atoms with Gasteiger partial charge in [-0.15, -0.1) is 10.2 Å². The minimum Gasteiger partial charge on any atom is -0.272 e. The SMILES string of the molecule is O=C(CSc1nnc(-c2ccccc2)n1-c1ccccc1)N/N=C1\CCCc2ccccc21. The fourth-order valence-electron chi connectivity index (χ4n) is 3.96. The largest absolute Gasteiger partial charge is 0.272 e. The lowest BCUT2D eigenvalue weighted by Gasteiger charge is -2.17. The molecule has 0 aliphatic heterocycles. The first-order valence-corrected chi connectivity index (χ1v) is 11.9. The molecule has 0 bridgehead atoms. The molecule has 1 N–H and O–H groups in total. The lowest BCUT2D eigenvalue weighted by molar-refractivity contribution is -0.118. The number of benzene rings is 3. The van der Waals surface area contributed by atoms with Gasteiger partial charge in [0.15, 0.2) is 11.0 Å². The van der Waals surface area contributed by atoms with E-state index in [0.29, 0.717) is 5.16 Å². The number of thioether (sulfide) groups is 1. The van der Waals surface area contributed by atoms with E-state index in [1.54, 1.807) is 0 Å². The number of hydrogen-bond acceptors (Lipinski definition) is 5. The standard InChI is InChI=1S/C26H23N5OS/c32-24(28-27-23-17-9-13-19-10-7-8-16-22(19)23)18-33-26-30-29-25(20-11-3-1-4-12-20)31(26)21-14-5-2-6-15-21/h1-8,10-12,14-16H,9,13,17-18H2,(H,28,32)/b27-23+. The number of carbonyl (C=O) groups excluding carboxylic acids is 1. The highest BCUT2D eigenvalue weighted by Gasteiger charge is 2.18. The van der Waals surface area contributed by atoms with E-state index in [1.807, 2.05) is 77.4 Å². The normalized spacial score (nSPS) is 14.1. The summed E-state index contributed by atoms with van der Waals surface area (Å²) in [4.78, 5) is 12.6. The number of nitrogens with zero attached hydrogens (tertiary/aromatic N) is 4. The van der Waals surface area contributed by atoms with Crippen molar-refractivity contribution in [2.45, 2.75) is 24.4 Å². The second-order valence-corrected chi connectivity index (χ2v) is 8.68. The lowest BCUT2D eigenvalue weighted by atomic mass is 9.90. The maximum absolute atomic E-state index is 12.6. The van der Waals surface area contributed by atoms with Crippen molar-refractivity contribution in [3.8, 4) is 17.1 Å². The Labute approximate surface area is 196 Å². The first-order valence-electron chi connectivity index (χ1n) is 10.9. The highest BCUT2D eigenvalue weighted by molar-refractivity contribution is 7.99. The van der Waals surface area contributed by atoms with E-state index in [4.69, 9.17) is 0 Å². The van der Waals surface area contributed by atoms with E-state index < -0.39 is 0 Å². The molecule has 5 rings (SSSR count). The van der Waals surface area contributed by atoms with Crippen LogP contribution in [0.5, 0.6) is 0 Å². The van der Waals surface area contributed by atoms with Crippen molar-refractivity contribution in [1.29, 1.82) is 0 Å². The molecule has 0 fully saturated rings. The summed E-state index contributed by atoms with van der Waals surface area (Å²) in [6.07, 6.45) is 2.97. The number of carbonyl (C=O) groups is 1. The van der Waals surface area contributed by atoms with Gasteiger partial charge in [-0.25, -0.2) is 5.43 Å². The van der Waals surface area contributed by atoms with Crippen LogP contribution in [0.3, 0.4) is 0 Å². The number of aromatic nitrogens is 3. The van der Waals surface area contributed by atoms with Crippen LogP contribution >= 0.6 is 11.8 Å². The van der Waals surface area contributed by atoms with E-state index in [-0.39, 0.29) is 11.7 Å². The first-order chi connectivity index (χ1) is 16.3. The quantitative estimate of drug-likeness (QED) is 0.334. The number of para-hydroxylation sites is 1. The topological polar surface area (TPSA) is 72.2 Å². The molecule has 6 nitrogen and oxygen atoms in total. The third-order valence-electron chi connectivity index (χ3n) is 5.52. The minimum absolute atomic E-state index is 0.167. The van der Waals surface area contributed by atoms with Gasteiger partial charge in [-0.1, -0.05) is 84.6 Å². The van der Waals surface area contributed by atoms with Gasteiger partial charge >= 0.3 is 0 Å². The summed E-state index contributed by atoms with van der Waals surface area (Å²) in [5.74, 6) is 0.765. The van der Waals surface area contributed by atoms with Crippen LogP contribution in [0.15, 0.2) is 95.2 Å². The van der Waals surface area contributed by atoms with Crippen LogP contribution in [0.1, 0.15) is 24.0 Å². The highest BCUT2D eigenvalue weighted by Crippen LogP contribution is 2.28.